The smallest absolute Gasteiger partial charge is 0.0577 e. The summed E-state index contributed by atoms with van der Waals surface area (Å²) in [6.45, 7) is 7.75. The molecule has 4 aliphatic rings. The van der Waals surface area contributed by atoms with Crippen molar-refractivity contribution < 1.29 is 5.11 Å². The zero-order valence-corrected chi connectivity index (χ0v) is 19.3. The molecule has 0 bridgehead atoms. The van der Waals surface area contributed by atoms with Crippen molar-refractivity contribution in [2.75, 3.05) is 0 Å². The third kappa shape index (κ3) is 3.29. The summed E-state index contributed by atoms with van der Waals surface area (Å²) in [5.41, 5.74) is 3.95. The molecule has 3 fully saturated rings. The summed E-state index contributed by atoms with van der Waals surface area (Å²) >= 11 is 0. The highest BCUT2D eigenvalue weighted by atomic mass is 16.3. The number of nitrogens with zero attached hydrogens (tertiary/aromatic N) is 1. The number of aliphatic hydroxyl groups excluding tert-OH is 1. The maximum Gasteiger partial charge on any atom is 0.0577 e. The highest BCUT2D eigenvalue weighted by Crippen LogP contribution is 2.67. The first-order valence-electron chi connectivity index (χ1n) is 12.7. The molecule has 2 heteroatoms. The molecule has 1 aromatic heterocycles. The number of hydrogen-bond donors (Lipinski definition) is 1. The maximum absolute atomic E-state index is 10.2. The van der Waals surface area contributed by atoms with Crippen molar-refractivity contribution in [3.8, 4) is 0 Å². The molecule has 4 aliphatic carbocycles. The summed E-state index contributed by atoms with van der Waals surface area (Å²) in [4.78, 5) is 4.17. The van der Waals surface area contributed by atoms with Crippen molar-refractivity contribution in [2.24, 2.45) is 40.4 Å². The lowest BCUT2D eigenvalue weighted by molar-refractivity contribution is -0.0571. The number of allylic oxidation sites excluding steroid dienone is 1. The van der Waals surface area contributed by atoms with E-state index in [9.17, 15) is 5.11 Å². The molecule has 1 aromatic rings. The minimum atomic E-state index is -0.0909. The van der Waals surface area contributed by atoms with Crippen LogP contribution in [0.4, 0.5) is 0 Å². The molecule has 0 amide bonds. The van der Waals surface area contributed by atoms with Crippen LogP contribution in [0.3, 0.4) is 0 Å². The number of aromatic nitrogens is 1. The quantitative estimate of drug-likeness (QED) is 0.571. The van der Waals surface area contributed by atoms with E-state index < -0.39 is 0 Å². The highest BCUT2D eigenvalue weighted by molar-refractivity contribution is 5.25. The number of rotatable bonds is 4. The van der Waals surface area contributed by atoms with Crippen molar-refractivity contribution in [1.82, 2.24) is 4.98 Å². The molecule has 2 nitrogen and oxygen atoms in total. The van der Waals surface area contributed by atoms with Gasteiger partial charge in [0.15, 0.2) is 0 Å². The van der Waals surface area contributed by atoms with Gasteiger partial charge >= 0.3 is 0 Å². The Morgan fingerprint density at radius 2 is 1.87 bits per heavy atom. The third-order valence-corrected chi connectivity index (χ3v) is 10.5. The van der Waals surface area contributed by atoms with E-state index in [-0.39, 0.29) is 6.10 Å². The summed E-state index contributed by atoms with van der Waals surface area (Å²) in [5, 5.41) is 10.2. The Hall–Kier alpha value is -1.15. The van der Waals surface area contributed by atoms with Crippen LogP contribution in [0.2, 0.25) is 0 Å². The summed E-state index contributed by atoms with van der Waals surface area (Å²) in [7, 11) is 0. The lowest BCUT2D eigenvalue weighted by Gasteiger charge is -2.58. The molecular weight excluding hydrogens is 366 g/mol. The van der Waals surface area contributed by atoms with E-state index >= 15 is 0 Å². The van der Waals surface area contributed by atoms with Crippen molar-refractivity contribution in [3.05, 3.63) is 41.7 Å². The summed E-state index contributed by atoms with van der Waals surface area (Å²) in [6, 6.07) is 4.37. The van der Waals surface area contributed by atoms with Gasteiger partial charge in [-0.15, -0.1) is 0 Å². The molecule has 8 atom stereocenters. The van der Waals surface area contributed by atoms with Crippen LogP contribution in [0.5, 0.6) is 0 Å². The first kappa shape index (κ1) is 20.7. The van der Waals surface area contributed by atoms with Gasteiger partial charge < -0.3 is 5.11 Å². The molecule has 0 aromatic carbocycles. The zero-order chi connectivity index (χ0) is 20.9. The Morgan fingerprint density at radius 3 is 2.67 bits per heavy atom. The summed E-state index contributed by atoms with van der Waals surface area (Å²) in [5.74, 6) is 4.33. The fraction of sp³-hybridized carbons (Fsp3) is 0.750. The average Bonchev–Trinajstić information content (AvgIpc) is 3.10. The first-order valence-corrected chi connectivity index (χ1v) is 12.7. The molecule has 5 rings (SSSR count). The lowest BCUT2D eigenvalue weighted by atomic mass is 9.47. The number of hydrogen-bond acceptors (Lipinski definition) is 2. The van der Waals surface area contributed by atoms with E-state index in [1.54, 1.807) is 5.57 Å². The predicted molar refractivity (Wildman–Crippen MR) is 123 cm³/mol. The third-order valence-electron chi connectivity index (χ3n) is 10.5. The van der Waals surface area contributed by atoms with E-state index in [0.717, 1.165) is 42.4 Å². The maximum atomic E-state index is 10.2. The number of aryl methyl sites for hydroxylation is 1. The van der Waals surface area contributed by atoms with E-state index in [1.807, 2.05) is 12.4 Å². The Bertz CT molecular complexity index is 787. The highest BCUT2D eigenvalue weighted by Gasteiger charge is 2.59. The van der Waals surface area contributed by atoms with Crippen LogP contribution in [-0.4, -0.2) is 16.2 Å². The van der Waals surface area contributed by atoms with Gasteiger partial charge in [-0.2, -0.15) is 0 Å². The van der Waals surface area contributed by atoms with E-state index in [0.29, 0.717) is 10.8 Å². The van der Waals surface area contributed by atoms with Crippen molar-refractivity contribution in [1.29, 1.82) is 0 Å². The first-order chi connectivity index (χ1) is 14.4. The second kappa shape index (κ2) is 7.76. The van der Waals surface area contributed by atoms with Gasteiger partial charge in [-0.25, -0.2) is 0 Å². The van der Waals surface area contributed by atoms with E-state index in [4.69, 9.17) is 0 Å². The van der Waals surface area contributed by atoms with Gasteiger partial charge in [-0.05, 0) is 122 Å². The normalized spacial score (nSPS) is 43.9. The molecule has 0 aliphatic heterocycles. The van der Waals surface area contributed by atoms with Crippen LogP contribution in [0.1, 0.15) is 84.1 Å². The van der Waals surface area contributed by atoms with Crippen LogP contribution >= 0.6 is 0 Å². The van der Waals surface area contributed by atoms with Crippen LogP contribution in [0.25, 0.3) is 0 Å². The summed E-state index contributed by atoms with van der Waals surface area (Å²) in [6.07, 6.45) is 19.0. The zero-order valence-electron chi connectivity index (χ0n) is 19.3. The van der Waals surface area contributed by atoms with E-state index in [2.05, 4.69) is 44.0 Å². The van der Waals surface area contributed by atoms with Crippen molar-refractivity contribution in [3.63, 3.8) is 0 Å². The largest absolute Gasteiger partial charge is 0.393 e. The minimum Gasteiger partial charge on any atom is -0.393 e. The minimum absolute atomic E-state index is 0.0909. The Morgan fingerprint density at radius 1 is 1.07 bits per heavy atom. The van der Waals surface area contributed by atoms with Gasteiger partial charge in [-0.3, -0.25) is 4.98 Å². The van der Waals surface area contributed by atoms with Gasteiger partial charge in [0, 0.05) is 12.4 Å². The number of pyridine rings is 1. The number of aliphatic hydroxyl groups is 1. The van der Waals surface area contributed by atoms with Gasteiger partial charge in [0.05, 0.1) is 6.10 Å². The van der Waals surface area contributed by atoms with Gasteiger partial charge in [0.1, 0.15) is 0 Å². The predicted octanol–water partition coefficient (Wildman–Crippen LogP) is 6.59. The molecule has 3 saturated carbocycles. The molecule has 30 heavy (non-hydrogen) atoms. The van der Waals surface area contributed by atoms with Crippen molar-refractivity contribution >= 4 is 0 Å². The monoisotopic (exact) mass is 407 g/mol. The molecule has 0 saturated heterocycles. The average molecular weight is 408 g/mol. The van der Waals surface area contributed by atoms with Gasteiger partial charge in [0.25, 0.3) is 0 Å². The number of fused-ring (bicyclic) bond motifs is 5. The second-order valence-electron chi connectivity index (χ2n) is 11.8. The molecule has 164 valence electrons. The van der Waals surface area contributed by atoms with Crippen LogP contribution in [-0.2, 0) is 6.42 Å². The van der Waals surface area contributed by atoms with Gasteiger partial charge in [-0.1, -0.05) is 32.4 Å². The Labute approximate surface area is 183 Å². The standard InChI is InChI=1S/C28H41NO/c1-19(4-5-20-12-16-29-17-13-20)24-8-9-25-23-7-6-21-18-22(30)10-14-27(21,2)26(23)11-15-28(24,25)3/h6,12-13,16-17,19,22-26,30H,4-5,7-11,14-15,18H2,1-3H3/t19?,22-,23-,24+,25-,26-,27-,28+/m0/s1. The van der Waals surface area contributed by atoms with Gasteiger partial charge in [0.2, 0.25) is 0 Å². The summed E-state index contributed by atoms with van der Waals surface area (Å²) < 4.78 is 0. The Kier molecular flexibility index (Phi) is 5.37. The molecule has 0 radical (unpaired) electrons. The fourth-order valence-corrected chi connectivity index (χ4v) is 8.76. The fourth-order valence-electron chi connectivity index (χ4n) is 8.76. The van der Waals surface area contributed by atoms with Crippen LogP contribution in [0.15, 0.2) is 36.2 Å². The van der Waals surface area contributed by atoms with Crippen LogP contribution < -0.4 is 0 Å². The molecule has 1 N–H and O–H groups in total. The molecule has 0 spiro atoms. The molecule has 1 heterocycles. The second-order valence-corrected chi connectivity index (χ2v) is 11.8. The Balaban J connectivity index is 1.31. The van der Waals surface area contributed by atoms with Crippen LogP contribution in [0, 0.1) is 40.4 Å². The van der Waals surface area contributed by atoms with E-state index in [1.165, 1.54) is 56.9 Å². The molecular formula is C28H41NO. The molecule has 1 unspecified atom stereocenters. The SMILES string of the molecule is CC(CCc1ccncc1)[C@H]1CC[C@H]2[C@@H]3CC=C4C[C@@H](O)CC[C@]4(C)[C@H]3CC[C@]12C. The topological polar surface area (TPSA) is 33.1 Å². The van der Waals surface area contributed by atoms with Crippen molar-refractivity contribution in [2.45, 2.75) is 91.1 Å². The lowest BCUT2D eigenvalue weighted by Crippen LogP contribution is -2.50.